The quantitative estimate of drug-likeness (QED) is 0.865. The molecule has 0 fully saturated rings. The summed E-state index contributed by atoms with van der Waals surface area (Å²) in [6.45, 7) is 4.76. The first-order valence-corrected chi connectivity index (χ1v) is 6.72. The fourth-order valence-electron chi connectivity index (χ4n) is 1.50. The SMILES string of the molecule is CCOCC(C)(N)c1noc(Cc2cccs2)n1. The molecule has 2 heterocycles. The van der Waals surface area contributed by atoms with Gasteiger partial charge < -0.3 is 15.0 Å². The smallest absolute Gasteiger partial charge is 0.231 e. The van der Waals surface area contributed by atoms with Gasteiger partial charge in [-0.3, -0.25) is 0 Å². The van der Waals surface area contributed by atoms with Crippen molar-refractivity contribution in [3.8, 4) is 0 Å². The summed E-state index contributed by atoms with van der Waals surface area (Å²) < 4.78 is 10.5. The van der Waals surface area contributed by atoms with Crippen molar-refractivity contribution in [3.05, 3.63) is 34.1 Å². The zero-order valence-corrected chi connectivity index (χ0v) is 11.4. The molecule has 2 aromatic heterocycles. The third kappa shape index (κ3) is 3.16. The predicted molar refractivity (Wildman–Crippen MR) is 69.5 cm³/mol. The van der Waals surface area contributed by atoms with E-state index < -0.39 is 5.54 Å². The van der Waals surface area contributed by atoms with E-state index in [4.69, 9.17) is 15.0 Å². The summed E-state index contributed by atoms with van der Waals surface area (Å²) in [6, 6.07) is 4.04. The van der Waals surface area contributed by atoms with Crippen LogP contribution in [-0.4, -0.2) is 23.4 Å². The molecule has 0 radical (unpaired) electrons. The second-order valence-corrected chi connectivity index (χ2v) is 5.35. The first-order valence-electron chi connectivity index (χ1n) is 5.84. The molecule has 0 aliphatic carbocycles. The first-order chi connectivity index (χ1) is 8.62. The van der Waals surface area contributed by atoms with Crippen LogP contribution in [0, 0.1) is 0 Å². The molecule has 0 aliphatic rings. The van der Waals surface area contributed by atoms with Gasteiger partial charge in [0.15, 0.2) is 5.82 Å². The van der Waals surface area contributed by atoms with E-state index in [9.17, 15) is 0 Å². The molecule has 5 nitrogen and oxygen atoms in total. The van der Waals surface area contributed by atoms with Crippen LogP contribution in [0.4, 0.5) is 0 Å². The Bertz CT molecular complexity index is 479. The number of hydrogen-bond acceptors (Lipinski definition) is 6. The summed E-state index contributed by atoms with van der Waals surface area (Å²) in [6.07, 6.45) is 0.648. The topological polar surface area (TPSA) is 74.2 Å². The predicted octanol–water partition coefficient (Wildman–Crippen LogP) is 1.93. The van der Waals surface area contributed by atoms with Gasteiger partial charge in [0, 0.05) is 11.5 Å². The van der Waals surface area contributed by atoms with Crippen LogP contribution in [0.2, 0.25) is 0 Å². The Morgan fingerprint density at radius 2 is 2.39 bits per heavy atom. The van der Waals surface area contributed by atoms with Crippen molar-refractivity contribution in [3.63, 3.8) is 0 Å². The van der Waals surface area contributed by atoms with Crippen LogP contribution in [0.3, 0.4) is 0 Å². The number of nitrogens with two attached hydrogens (primary N) is 1. The Labute approximate surface area is 110 Å². The highest BCUT2D eigenvalue weighted by atomic mass is 32.1. The number of ether oxygens (including phenoxy) is 1. The lowest BCUT2D eigenvalue weighted by atomic mass is 10.1. The van der Waals surface area contributed by atoms with Crippen molar-refractivity contribution >= 4 is 11.3 Å². The van der Waals surface area contributed by atoms with E-state index in [2.05, 4.69) is 10.1 Å². The number of rotatable bonds is 6. The molecule has 0 saturated carbocycles. The molecule has 0 spiro atoms. The molecule has 2 aromatic rings. The number of nitrogens with zero attached hydrogens (tertiary/aromatic N) is 2. The molecule has 6 heteroatoms. The minimum absolute atomic E-state index is 0.376. The molecule has 0 saturated heterocycles. The van der Waals surface area contributed by atoms with Gasteiger partial charge in [-0.2, -0.15) is 4.98 Å². The maximum atomic E-state index is 6.10. The van der Waals surface area contributed by atoms with Crippen LogP contribution in [0.1, 0.15) is 30.4 Å². The molecule has 1 atom stereocenters. The Kier molecular flexibility index (Phi) is 4.11. The van der Waals surface area contributed by atoms with Crippen LogP contribution < -0.4 is 5.73 Å². The number of thiophene rings is 1. The average Bonchev–Trinajstić information content (AvgIpc) is 2.98. The normalized spacial score (nSPS) is 14.6. The first kappa shape index (κ1) is 13.2. The summed E-state index contributed by atoms with van der Waals surface area (Å²) in [7, 11) is 0. The van der Waals surface area contributed by atoms with Gasteiger partial charge >= 0.3 is 0 Å². The molecule has 2 N–H and O–H groups in total. The maximum Gasteiger partial charge on any atom is 0.231 e. The maximum absolute atomic E-state index is 6.10. The summed E-state index contributed by atoms with van der Waals surface area (Å²) >= 11 is 1.66. The molecule has 2 rings (SSSR count). The van der Waals surface area contributed by atoms with E-state index in [0.29, 0.717) is 31.3 Å². The largest absolute Gasteiger partial charge is 0.379 e. The monoisotopic (exact) mass is 267 g/mol. The second kappa shape index (κ2) is 5.60. The lowest BCUT2D eigenvalue weighted by Gasteiger charge is -2.19. The van der Waals surface area contributed by atoms with Crippen molar-refractivity contribution in [1.82, 2.24) is 10.1 Å². The van der Waals surface area contributed by atoms with Crippen LogP contribution in [-0.2, 0) is 16.7 Å². The van der Waals surface area contributed by atoms with E-state index in [1.54, 1.807) is 11.3 Å². The van der Waals surface area contributed by atoms with Gasteiger partial charge in [-0.05, 0) is 25.3 Å². The van der Waals surface area contributed by atoms with Gasteiger partial charge in [0.05, 0.1) is 13.0 Å². The highest BCUT2D eigenvalue weighted by molar-refractivity contribution is 7.09. The Hall–Kier alpha value is -1.24. The summed E-state index contributed by atoms with van der Waals surface area (Å²) in [5.41, 5.74) is 5.39. The molecule has 1 unspecified atom stereocenters. The third-order valence-corrected chi connectivity index (χ3v) is 3.37. The minimum atomic E-state index is -0.715. The second-order valence-electron chi connectivity index (χ2n) is 4.32. The standard InChI is InChI=1S/C12H17N3O2S/c1-3-16-8-12(2,13)11-14-10(17-15-11)7-9-5-4-6-18-9/h4-6H,3,7-8,13H2,1-2H3. The van der Waals surface area contributed by atoms with Gasteiger partial charge in [0.25, 0.3) is 0 Å². The molecular formula is C12H17N3O2S. The van der Waals surface area contributed by atoms with Crippen molar-refractivity contribution in [2.75, 3.05) is 13.2 Å². The van der Waals surface area contributed by atoms with Crippen LogP contribution in [0.25, 0.3) is 0 Å². The van der Waals surface area contributed by atoms with Crippen molar-refractivity contribution in [1.29, 1.82) is 0 Å². The molecular weight excluding hydrogens is 250 g/mol. The Morgan fingerprint density at radius 3 is 3.06 bits per heavy atom. The van der Waals surface area contributed by atoms with Crippen molar-refractivity contribution in [2.45, 2.75) is 25.8 Å². The summed E-state index contributed by atoms with van der Waals surface area (Å²) in [5.74, 6) is 1.07. The van der Waals surface area contributed by atoms with Crippen molar-refractivity contribution < 1.29 is 9.26 Å². The number of hydrogen-bond donors (Lipinski definition) is 1. The molecule has 0 aromatic carbocycles. The summed E-state index contributed by atoms with van der Waals surface area (Å²) in [4.78, 5) is 5.52. The lowest BCUT2D eigenvalue weighted by molar-refractivity contribution is 0.0962. The van der Waals surface area contributed by atoms with E-state index in [1.807, 2.05) is 31.4 Å². The van der Waals surface area contributed by atoms with E-state index in [0.717, 1.165) is 0 Å². The zero-order chi connectivity index (χ0) is 13.0. The third-order valence-electron chi connectivity index (χ3n) is 2.49. The Morgan fingerprint density at radius 1 is 1.56 bits per heavy atom. The number of aromatic nitrogens is 2. The minimum Gasteiger partial charge on any atom is -0.379 e. The molecule has 0 bridgehead atoms. The summed E-state index contributed by atoms with van der Waals surface area (Å²) in [5, 5.41) is 5.96. The highest BCUT2D eigenvalue weighted by Gasteiger charge is 2.27. The van der Waals surface area contributed by atoms with Gasteiger partial charge in [-0.1, -0.05) is 11.2 Å². The zero-order valence-electron chi connectivity index (χ0n) is 10.5. The van der Waals surface area contributed by atoms with Crippen LogP contribution >= 0.6 is 11.3 Å². The van der Waals surface area contributed by atoms with E-state index in [1.165, 1.54) is 4.88 Å². The molecule has 18 heavy (non-hydrogen) atoms. The molecule has 0 amide bonds. The van der Waals surface area contributed by atoms with Gasteiger partial charge in [0.1, 0.15) is 5.54 Å². The Balaban J connectivity index is 2.05. The van der Waals surface area contributed by atoms with Gasteiger partial charge in [-0.25, -0.2) is 0 Å². The molecule has 0 aliphatic heterocycles. The van der Waals surface area contributed by atoms with E-state index in [-0.39, 0.29) is 0 Å². The van der Waals surface area contributed by atoms with Crippen molar-refractivity contribution in [2.24, 2.45) is 5.73 Å². The van der Waals surface area contributed by atoms with Crippen LogP contribution in [0.15, 0.2) is 22.0 Å². The lowest BCUT2D eigenvalue weighted by Crippen LogP contribution is -2.39. The fourth-order valence-corrected chi connectivity index (χ4v) is 2.20. The van der Waals surface area contributed by atoms with Gasteiger partial charge in [-0.15, -0.1) is 11.3 Å². The molecule has 98 valence electrons. The van der Waals surface area contributed by atoms with E-state index >= 15 is 0 Å². The average molecular weight is 267 g/mol. The fraction of sp³-hybridized carbons (Fsp3) is 0.500. The van der Waals surface area contributed by atoms with Gasteiger partial charge in [0.2, 0.25) is 5.89 Å². The van der Waals surface area contributed by atoms with Crippen LogP contribution in [0.5, 0.6) is 0 Å². The highest BCUT2D eigenvalue weighted by Crippen LogP contribution is 2.18.